The van der Waals surface area contributed by atoms with Gasteiger partial charge in [0.05, 0.1) is 19.0 Å². The van der Waals surface area contributed by atoms with Crippen molar-refractivity contribution in [3.05, 3.63) is 36.0 Å². The minimum Gasteiger partial charge on any atom is -0.469 e. The predicted octanol–water partition coefficient (Wildman–Crippen LogP) is -0.198. The van der Waals surface area contributed by atoms with Crippen LogP contribution < -0.4 is 11.1 Å². The molecule has 0 fully saturated rings. The van der Waals surface area contributed by atoms with Crippen molar-refractivity contribution in [2.75, 3.05) is 13.1 Å². The second-order valence-electron chi connectivity index (χ2n) is 3.74. The first-order valence-electron chi connectivity index (χ1n) is 5.70. The van der Waals surface area contributed by atoms with Crippen molar-refractivity contribution < 1.29 is 9.21 Å². The Morgan fingerprint density at radius 3 is 3.17 bits per heavy atom. The molecule has 2 heterocycles. The summed E-state index contributed by atoms with van der Waals surface area (Å²) in [4.78, 5) is 11.7. The van der Waals surface area contributed by atoms with Gasteiger partial charge >= 0.3 is 0 Å². The molecule has 7 nitrogen and oxygen atoms in total. The van der Waals surface area contributed by atoms with E-state index in [2.05, 4.69) is 15.6 Å². The molecule has 0 aromatic carbocycles. The van der Waals surface area contributed by atoms with Crippen LogP contribution in [0, 0.1) is 0 Å². The van der Waals surface area contributed by atoms with E-state index in [1.54, 1.807) is 17.1 Å². The summed E-state index contributed by atoms with van der Waals surface area (Å²) < 4.78 is 6.70. The molecule has 0 bridgehead atoms. The molecular formula is C11H15N5O2. The SMILES string of the molecule is NCCn1cc(C(=O)NCCc2ccco2)nn1. The molecule has 2 aromatic rings. The predicted molar refractivity (Wildman–Crippen MR) is 63.8 cm³/mol. The van der Waals surface area contributed by atoms with Crippen LogP contribution in [0.5, 0.6) is 0 Å². The van der Waals surface area contributed by atoms with Crippen LogP contribution in [-0.4, -0.2) is 34.0 Å². The highest BCUT2D eigenvalue weighted by Crippen LogP contribution is 2.00. The Morgan fingerprint density at radius 1 is 1.56 bits per heavy atom. The molecule has 7 heteroatoms. The number of nitrogens with zero attached hydrogens (tertiary/aromatic N) is 3. The Labute approximate surface area is 104 Å². The number of furan rings is 1. The van der Waals surface area contributed by atoms with Crippen LogP contribution in [0.4, 0.5) is 0 Å². The van der Waals surface area contributed by atoms with Crippen LogP contribution >= 0.6 is 0 Å². The van der Waals surface area contributed by atoms with Crippen LogP contribution in [0.2, 0.25) is 0 Å². The molecule has 0 unspecified atom stereocenters. The number of hydrogen-bond donors (Lipinski definition) is 2. The fraction of sp³-hybridized carbons (Fsp3) is 0.364. The van der Waals surface area contributed by atoms with E-state index in [1.165, 1.54) is 0 Å². The van der Waals surface area contributed by atoms with Crippen LogP contribution in [-0.2, 0) is 13.0 Å². The zero-order chi connectivity index (χ0) is 12.8. The summed E-state index contributed by atoms with van der Waals surface area (Å²) in [5, 5.41) is 10.3. The van der Waals surface area contributed by atoms with E-state index in [9.17, 15) is 4.79 Å². The zero-order valence-corrected chi connectivity index (χ0v) is 9.87. The largest absolute Gasteiger partial charge is 0.469 e. The van der Waals surface area contributed by atoms with Crippen molar-refractivity contribution in [1.82, 2.24) is 20.3 Å². The van der Waals surface area contributed by atoms with E-state index in [-0.39, 0.29) is 5.91 Å². The molecule has 0 saturated carbocycles. The molecule has 0 aliphatic rings. The zero-order valence-electron chi connectivity index (χ0n) is 9.87. The summed E-state index contributed by atoms with van der Waals surface area (Å²) in [6, 6.07) is 3.68. The molecule has 0 spiro atoms. The number of carbonyl (C=O) groups excluding carboxylic acids is 1. The highest BCUT2D eigenvalue weighted by atomic mass is 16.3. The van der Waals surface area contributed by atoms with E-state index in [0.29, 0.717) is 31.7 Å². The van der Waals surface area contributed by atoms with Gasteiger partial charge in [-0.25, -0.2) is 0 Å². The lowest BCUT2D eigenvalue weighted by molar-refractivity contribution is 0.0948. The highest BCUT2D eigenvalue weighted by molar-refractivity contribution is 5.91. The smallest absolute Gasteiger partial charge is 0.273 e. The summed E-state index contributed by atoms with van der Waals surface area (Å²) in [6.07, 6.45) is 3.83. The summed E-state index contributed by atoms with van der Waals surface area (Å²) in [5.41, 5.74) is 5.68. The lowest BCUT2D eigenvalue weighted by atomic mass is 10.3. The normalized spacial score (nSPS) is 10.5. The summed E-state index contributed by atoms with van der Waals surface area (Å²) >= 11 is 0. The van der Waals surface area contributed by atoms with Crippen molar-refractivity contribution in [3.8, 4) is 0 Å². The minimum absolute atomic E-state index is 0.246. The Morgan fingerprint density at radius 2 is 2.44 bits per heavy atom. The second-order valence-corrected chi connectivity index (χ2v) is 3.74. The van der Waals surface area contributed by atoms with Crippen molar-refractivity contribution in [2.24, 2.45) is 5.73 Å². The summed E-state index contributed by atoms with van der Waals surface area (Å²) in [7, 11) is 0. The molecule has 0 atom stereocenters. The Hall–Kier alpha value is -2.15. The first kappa shape index (κ1) is 12.3. The molecule has 0 radical (unpaired) electrons. The first-order chi connectivity index (χ1) is 8.79. The standard InChI is InChI=1S/C11H15N5O2/c12-4-6-16-8-10(14-15-16)11(17)13-5-3-9-2-1-7-18-9/h1-2,7-8H,3-6,12H2,(H,13,17). The Bertz CT molecular complexity index is 491. The molecule has 2 rings (SSSR count). The third-order valence-corrected chi connectivity index (χ3v) is 2.37. The van der Waals surface area contributed by atoms with Gasteiger partial charge in [-0.1, -0.05) is 5.21 Å². The van der Waals surface area contributed by atoms with E-state index in [4.69, 9.17) is 10.2 Å². The monoisotopic (exact) mass is 249 g/mol. The van der Waals surface area contributed by atoms with Crippen molar-refractivity contribution in [3.63, 3.8) is 0 Å². The third kappa shape index (κ3) is 3.17. The fourth-order valence-corrected chi connectivity index (χ4v) is 1.49. The van der Waals surface area contributed by atoms with Crippen molar-refractivity contribution in [2.45, 2.75) is 13.0 Å². The van der Waals surface area contributed by atoms with E-state index >= 15 is 0 Å². The molecular weight excluding hydrogens is 234 g/mol. The Kier molecular flexibility index (Phi) is 4.08. The van der Waals surface area contributed by atoms with Gasteiger partial charge in [-0.05, 0) is 12.1 Å². The van der Waals surface area contributed by atoms with Crippen LogP contribution in [0.1, 0.15) is 16.2 Å². The number of carbonyl (C=O) groups is 1. The van der Waals surface area contributed by atoms with Gasteiger partial charge in [0.25, 0.3) is 5.91 Å². The second kappa shape index (κ2) is 5.97. The number of aromatic nitrogens is 3. The van der Waals surface area contributed by atoms with E-state index in [1.807, 2.05) is 12.1 Å². The number of rotatable bonds is 6. The topological polar surface area (TPSA) is 99.0 Å². The average molecular weight is 249 g/mol. The number of amides is 1. The summed E-state index contributed by atoms with van der Waals surface area (Å²) in [6.45, 7) is 1.51. The molecule has 0 saturated heterocycles. The fourth-order valence-electron chi connectivity index (χ4n) is 1.49. The van der Waals surface area contributed by atoms with Gasteiger partial charge in [0.2, 0.25) is 0 Å². The lowest BCUT2D eigenvalue weighted by Crippen LogP contribution is -2.26. The highest BCUT2D eigenvalue weighted by Gasteiger charge is 2.09. The molecule has 0 aliphatic carbocycles. The van der Waals surface area contributed by atoms with Crippen LogP contribution in [0.25, 0.3) is 0 Å². The van der Waals surface area contributed by atoms with Gasteiger partial charge in [0.15, 0.2) is 5.69 Å². The van der Waals surface area contributed by atoms with E-state index < -0.39 is 0 Å². The maximum Gasteiger partial charge on any atom is 0.273 e. The number of nitrogens with one attached hydrogen (secondary N) is 1. The first-order valence-corrected chi connectivity index (χ1v) is 5.70. The van der Waals surface area contributed by atoms with Crippen LogP contribution in [0.15, 0.2) is 29.0 Å². The molecule has 1 amide bonds. The van der Waals surface area contributed by atoms with Gasteiger partial charge in [0.1, 0.15) is 5.76 Å². The minimum atomic E-state index is -0.246. The van der Waals surface area contributed by atoms with Gasteiger partial charge in [-0.15, -0.1) is 5.10 Å². The lowest BCUT2D eigenvalue weighted by Gasteiger charge is -2.00. The number of nitrogens with two attached hydrogens (primary N) is 1. The van der Waals surface area contributed by atoms with Gasteiger partial charge in [0, 0.05) is 19.5 Å². The van der Waals surface area contributed by atoms with Crippen molar-refractivity contribution >= 4 is 5.91 Å². The third-order valence-electron chi connectivity index (χ3n) is 2.37. The average Bonchev–Trinajstić information content (AvgIpc) is 3.00. The van der Waals surface area contributed by atoms with Crippen molar-refractivity contribution in [1.29, 1.82) is 0 Å². The van der Waals surface area contributed by atoms with Gasteiger partial charge in [-0.3, -0.25) is 9.48 Å². The van der Waals surface area contributed by atoms with Gasteiger partial charge < -0.3 is 15.5 Å². The van der Waals surface area contributed by atoms with Crippen LogP contribution in [0.3, 0.4) is 0 Å². The number of hydrogen-bond acceptors (Lipinski definition) is 5. The molecule has 3 N–H and O–H groups in total. The molecule has 2 aromatic heterocycles. The Balaban J connectivity index is 1.80. The molecule has 18 heavy (non-hydrogen) atoms. The molecule has 96 valence electrons. The maximum absolute atomic E-state index is 11.7. The van der Waals surface area contributed by atoms with E-state index in [0.717, 1.165) is 5.76 Å². The van der Waals surface area contributed by atoms with Gasteiger partial charge in [-0.2, -0.15) is 0 Å². The summed E-state index contributed by atoms with van der Waals surface area (Å²) in [5.74, 6) is 0.590. The molecule has 0 aliphatic heterocycles. The quantitative estimate of drug-likeness (QED) is 0.738. The maximum atomic E-state index is 11.7.